The number of aromatic nitrogens is 3. The minimum absolute atomic E-state index is 0.0710. The molecule has 0 spiro atoms. The summed E-state index contributed by atoms with van der Waals surface area (Å²) in [5.41, 5.74) is 15.9. The molecule has 0 saturated heterocycles. The summed E-state index contributed by atoms with van der Waals surface area (Å²) in [5.74, 6) is 1.74. The molecule has 0 bridgehead atoms. The lowest BCUT2D eigenvalue weighted by atomic mass is 9.82. The quantitative estimate of drug-likeness (QED) is 0.172. The summed E-state index contributed by atoms with van der Waals surface area (Å²) in [4.78, 5) is 15.9. The van der Waals surface area contributed by atoms with E-state index < -0.39 is 0 Å². The Morgan fingerprint density at radius 1 is 0.364 bits per heavy atom. The molecule has 5 nitrogen and oxygen atoms in total. The highest BCUT2D eigenvalue weighted by Gasteiger charge is 2.36. The molecule has 0 fully saturated rings. The van der Waals surface area contributed by atoms with Gasteiger partial charge < -0.3 is 8.83 Å². The number of fused-ring (bicyclic) bond motifs is 12. The molecule has 4 heterocycles. The largest absolute Gasteiger partial charge is 0.456 e. The summed E-state index contributed by atoms with van der Waals surface area (Å²) >= 11 is 1.78. The average molecular weight is 864 g/mol. The van der Waals surface area contributed by atoms with Gasteiger partial charge >= 0.3 is 0 Å². The Labute approximate surface area is 383 Å². The molecule has 0 saturated carbocycles. The molecule has 0 amide bonds. The number of para-hydroxylation sites is 1. The molecule has 0 N–H and O–H groups in total. The molecule has 0 radical (unpaired) electrons. The lowest BCUT2D eigenvalue weighted by Crippen LogP contribution is -2.14. The predicted molar refractivity (Wildman–Crippen MR) is 272 cm³/mol. The van der Waals surface area contributed by atoms with Gasteiger partial charge in [0.25, 0.3) is 0 Å². The van der Waals surface area contributed by atoms with Crippen LogP contribution in [0.4, 0.5) is 0 Å². The molecule has 1 aliphatic carbocycles. The van der Waals surface area contributed by atoms with Gasteiger partial charge in [-0.3, -0.25) is 0 Å². The molecule has 1 aliphatic rings. The standard InChI is InChI=1S/C60H37N3O2S/c1-60(2)46-21-6-3-16-41(46)54-38(18-10-22-47(54)60)36-14-9-13-34(31-36)35-28-30-49-45(32-35)55-43(19-11-24-50(55)64-49)58-61-57(37-27-29-40-39-15-4-7-23-48(39)65-51(40)33-37)62-59(63-58)44-20-12-26-53-56(44)42-17-5-8-25-52(42)66-53/h3-33H,1-2H3. The Kier molecular flexibility index (Phi) is 7.84. The van der Waals surface area contributed by atoms with E-state index in [0.29, 0.717) is 17.5 Å². The van der Waals surface area contributed by atoms with E-state index in [9.17, 15) is 0 Å². The number of hydrogen-bond donors (Lipinski definition) is 0. The molecule has 0 unspecified atom stereocenters. The molecule has 13 aromatic rings. The fourth-order valence-corrected chi connectivity index (χ4v) is 11.8. The Morgan fingerprint density at radius 3 is 1.86 bits per heavy atom. The van der Waals surface area contributed by atoms with Gasteiger partial charge in [0, 0.05) is 63.8 Å². The van der Waals surface area contributed by atoms with E-state index in [1.807, 2.05) is 30.3 Å². The Balaban J connectivity index is 0.952. The van der Waals surface area contributed by atoms with Crippen molar-refractivity contribution in [2.45, 2.75) is 19.3 Å². The van der Waals surface area contributed by atoms with Crippen molar-refractivity contribution in [2.75, 3.05) is 0 Å². The minimum atomic E-state index is -0.0710. The zero-order chi connectivity index (χ0) is 43.7. The van der Waals surface area contributed by atoms with Crippen molar-refractivity contribution in [1.82, 2.24) is 15.0 Å². The van der Waals surface area contributed by atoms with Gasteiger partial charge in [-0.25, -0.2) is 15.0 Å². The molecule has 310 valence electrons. The fraction of sp³-hybridized carbons (Fsp3) is 0.0500. The minimum Gasteiger partial charge on any atom is -0.456 e. The van der Waals surface area contributed by atoms with E-state index in [2.05, 4.69) is 172 Å². The van der Waals surface area contributed by atoms with Crippen molar-refractivity contribution >= 4 is 75.4 Å². The monoisotopic (exact) mass is 863 g/mol. The highest BCUT2D eigenvalue weighted by molar-refractivity contribution is 7.25. The Hall–Kier alpha value is -8.19. The maximum Gasteiger partial charge on any atom is 0.164 e. The second-order valence-electron chi connectivity index (χ2n) is 17.9. The zero-order valence-corrected chi connectivity index (χ0v) is 36.8. The first-order valence-corrected chi connectivity index (χ1v) is 23.1. The van der Waals surface area contributed by atoms with Crippen LogP contribution in [0.3, 0.4) is 0 Å². The Morgan fingerprint density at radius 2 is 0.955 bits per heavy atom. The van der Waals surface area contributed by atoms with Gasteiger partial charge in [0.1, 0.15) is 22.3 Å². The van der Waals surface area contributed by atoms with E-state index in [4.69, 9.17) is 23.8 Å². The fourth-order valence-electron chi connectivity index (χ4n) is 10.6. The lowest BCUT2D eigenvalue weighted by molar-refractivity contribution is 0.660. The Bertz CT molecular complexity index is 4170. The maximum atomic E-state index is 6.62. The molecule has 6 heteroatoms. The van der Waals surface area contributed by atoms with Crippen LogP contribution in [0.25, 0.3) is 132 Å². The first-order valence-electron chi connectivity index (χ1n) is 22.3. The smallest absolute Gasteiger partial charge is 0.164 e. The zero-order valence-electron chi connectivity index (χ0n) is 36.0. The molecule has 4 aromatic heterocycles. The molecule has 66 heavy (non-hydrogen) atoms. The average Bonchev–Trinajstić information content (AvgIpc) is 4.11. The SMILES string of the molecule is CC1(C)c2ccccc2-c2c(-c3cccc(-c4ccc5oc6cccc(-c7nc(-c8ccc9c(c8)oc8ccccc89)nc(-c8cccc9sc%10ccccc%10c89)n7)c6c5c4)c3)cccc21. The first kappa shape index (κ1) is 37.2. The van der Waals surface area contributed by atoms with Crippen LogP contribution in [0.2, 0.25) is 0 Å². The number of thiophene rings is 1. The van der Waals surface area contributed by atoms with Gasteiger partial charge in [0.05, 0.1) is 0 Å². The van der Waals surface area contributed by atoms with E-state index >= 15 is 0 Å². The molecular weight excluding hydrogens is 827 g/mol. The number of furan rings is 2. The van der Waals surface area contributed by atoms with Crippen LogP contribution < -0.4 is 0 Å². The van der Waals surface area contributed by atoms with E-state index in [-0.39, 0.29) is 5.41 Å². The van der Waals surface area contributed by atoms with Crippen LogP contribution in [-0.2, 0) is 5.41 Å². The van der Waals surface area contributed by atoms with Crippen LogP contribution in [0.5, 0.6) is 0 Å². The first-order chi connectivity index (χ1) is 32.4. The van der Waals surface area contributed by atoms with E-state index in [1.54, 1.807) is 11.3 Å². The van der Waals surface area contributed by atoms with Crippen LogP contribution in [0.15, 0.2) is 197 Å². The van der Waals surface area contributed by atoms with Crippen molar-refractivity contribution in [3.8, 4) is 67.5 Å². The normalized spacial score (nSPS) is 13.1. The van der Waals surface area contributed by atoms with Crippen LogP contribution in [0.1, 0.15) is 25.0 Å². The second kappa shape index (κ2) is 13.9. The molecule has 0 aliphatic heterocycles. The molecule has 9 aromatic carbocycles. The molecule has 0 atom stereocenters. The van der Waals surface area contributed by atoms with E-state index in [1.165, 1.54) is 48.2 Å². The molecular formula is C60H37N3O2S. The van der Waals surface area contributed by atoms with Gasteiger partial charge in [-0.2, -0.15) is 0 Å². The lowest BCUT2D eigenvalue weighted by Gasteiger charge is -2.21. The van der Waals surface area contributed by atoms with Crippen molar-refractivity contribution in [1.29, 1.82) is 0 Å². The van der Waals surface area contributed by atoms with Crippen molar-refractivity contribution in [3.05, 3.63) is 199 Å². The van der Waals surface area contributed by atoms with Crippen molar-refractivity contribution < 1.29 is 8.83 Å². The highest BCUT2D eigenvalue weighted by Crippen LogP contribution is 2.52. The summed E-state index contributed by atoms with van der Waals surface area (Å²) in [5, 5.41) is 6.41. The van der Waals surface area contributed by atoms with Gasteiger partial charge in [-0.15, -0.1) is 11.3 Å². The van der Waals surface area contributed by atoms with Crippen molar-refractivity contribution in [2.24, 2.45) is 0 Å². The summed E-state index contributed by atoms with van der Waals surface area (Å²) in [7, 11) is 0. The van der Waals surface area contributed by atoms with Crippen LogP contribution >= 0.6 is 11.3 Å². The maximum absolute atomic E-state index is 6.62. The predicted octanol–water partition coefficient (Wildman–Crippen LogP) is 16.7. The third kappa shape index (κ3) is 5.49. The van der Waals surface area contributed by atoms with Crippen LogP contribution in [0, 0.1) is 0 Å². The van der Waals surface area contributed by atoms with Gasteiger partial charge in [-0.05, 0) is 99.1 Å². The van der Waals surface area contributed by atoms with Gasteiger partial charge in [0.15, 0.2) is 17.5 Å². The topological polar surface area (TPSA) is 65.0 Å². The number of rotatable bonds is 5. The third-order valence-corrected chi connectivity index (χ3v) is 14.9. The summed E-state index contributed by atoms with van der Waals surface area (Å²) in [6.45, 7) is 4.67. The third-order valence-electron chi connectivity index (χ3n) is 13.8. The van der Waals surface area contributed by atoms with Gasteiger partial charge in [0.2, 0.25) is 0 Å². The van der Waals surface area contributed by atoms with E-state index in [0.717, 1.165) is 77.1 Å². The summed E-state index contributed by atoms with van der Waals surface area (Å²) in [6.07, 6.45) is 0. The van der Waals surface area contributed by atoms with Crippen LogP contribution in [-0.4, -0.2) is 15.0 Å². The van der Waals surface area contributed by atoms with Gasteiger partial charge in [-0.1, -0.05) is 147 Å². The molecule has 14 rings (SSSR count). The number of hydrogen-bond acceptors (Lipinski definition) is 6. The summed E-state index contributed by atoms with van der Waals surface area (Å²) < 4.78 is 15.4. The number of benzene rings is 9. The second-order valence-corrected chi connectivity index (χ2v) is 18.9. The highest BCUT2D eigenvalue weighted by atomic mass is 32.1. The summed E-state index contributed by atoms with van der Waals surface area (Å²) in [6, 6.07) is 66.6. The van der Waals surface area contributed by atoms with Crippen molar-refractivity contribution in [3.63, 3.8) is 0 Å². The number of nitrogens with zero attached hydrogens (tertiary/aromatic N) is 3.